The van der Waals surface area contributed by atoms with E-state index in [-0.39, 0.29) is 33.1 Å². The Morgan fingerprint density at radius 3 is 1.99 bits per heavy atom. The highest BCUT2D eigenvalue weighted by Gasteiger charge is 2.65. The van der Waals surface area contributed by atoms with E-state index in [0.717, 1.165) is 11.5 Å². The van der Waals surface area contributed by atoms with Crippen LogP contribution in [0.4, 0.5) is 0 Å². The van der Waals surface area contributed by atoms with E-state index in [9.17, 15) is 0 Å². The summed E-state index contributed by atoms with van der Waals surface area (Å²) in [6, 6.07) is 29.1. The molecule has 364 valence electrons. The molecule has 0 radical (unpaired) electrons. The molecule has 6 aromatic rings. The van der Waals surface area contributed by atoms with Crippen molar-refractivity contribution in [2.75, 3.05) is 0 Å². The van der Waals surface area contributed by atoms with Gasteiger partial charge in [-0.15, -0.1) is 0 Å². The Morgan fingerprint density at radius 2 is 1.33 bits per heavy atom. The van der Waals surface area contributed by atoms with Gasteiger partial charge in [-0.1, -0.05) is 140 Å². The van der Waals surface area contributed by atoms with Crippen LogP contribution in [0.15, 0.2) is 96.8 Å². The summed E-state index contributed by atoms with van der Waals surface area (Å²) in [4.78, 5) is 2.74. The average Bonchev–Trinajstić information content (AvgIpc) is 3.73. The lowest BCUT2D eigenvalue weighted by molar-refractivity contribution is -0.760. The predicted octanol–water partition coefficient (Wildman–Crippen LogP) is 17.3. The molecule has 0 N–H and O–H groups in total. The van der Waals surface area contributed by atoms with Crippen LogP contribution in [0.5, 0.6) is 11.5 Å². The lowest BCUT2D eigenvalue weighted by atomic mass is 9.49. The van der Waals surface area contributed by atoms with Gasteiger partial charge < -0.3 is 9.64 Å². The topological polar surface area (TPSA) is 21.3 Å². The van der Waals surface area contributed by atoms with Crippen molar-refractivity contribution in [1.82, 2.24) is 9.47 Å². The van der Waals surface area contributed by atoms with Crippen molar-refractivity contribution in [2.45, 2.75) is 190 Å². The number of aryl methyl sites for hydroxylation is 1. The first-order chi connectivity index (χ1) is 32.6. The fraction of sp³-hybridized carbons (Fsp3) is 0.500. The van der Waals surface area contributed by atoms with E-state index in [2.05, 4.69) is 223 Å². The van der Waals surface area contributed by atoms with Crippen LogP contribution in [-0.4, -0.2) is 9.47 Å². The van der Waals surface area contributed by atoms with Crippen molar-refractivity contribution in [1.29, 1.82) is 0 Å². The van der Waals surface area contributed by atoms with Gasteiger partial charge in [0.2, 0.25) is 5.66 Å². The third kappa shape index (κ3) is 6.28. The van der Waals surface area contributed by atoms with Crippen LogP contribution < -0.4 is 9.30 Å². The number of hydrogen-bond acceptors (Lipinski definition) is 2. The summed E-state index contributed by atoms with van der Waals surface area (Å²) in [5, 5.41) is 2.65. The number of hydrogen-bond donors (Lipinski definition) is 0. The first-order valence-electron chi connectivity index (χ1n) is 26.9. The summed E-state index contributed by atoms with van der Waals surface area (Å²) >= 11 is 0. The molecule has 4 nitrogen and oxygen atoms in total. The zero-order valence-electron chi connectivity index (χ0n) is 45.8. The first kappa shape index (κ1) is 46.0. The molecule has 4 heteroatoms. The number of aromatic nitrogens is 2. The van der Waals surface area contributed by atoms with Crippen LogP contribution in [0.3, 0.4) is 0 Å². The fourth-order valence-corrected chi connectivity index (χ4v) is 16.6. The number of benzene rings is 4. The molecule has 6 aliphatic rings. The minimum Gasteiger partial charge on any atom is -0.456 e. The van der Waals surface area contributed by atoms with Crippen molar-refractivity contribution in [3.63, 3.8) is 0 Å². The molecule has 2 saturated carbocycles. The van der Waals surface area contributed by atoms with Gasteiger partial charge in [-0.2, -0.15) is 4.57 Å². The maximum atomic E-state index is 7.26. The Morgan fingerprint density at radius 1 is 0.657 bits per heavy atom. The maximum absolute atomic E-state index is 7.26. The lowest BCUT2D eigenvalue weighted by Gasteiger charge is -2.56. The molecule has 4 aromatic carbocycles. The highest BCUT2D eigenvalue weighted by atomic mass is 16.5. The third-order valence-corrected chi connectivity index (χ3v) is 18.9. The van der Waals surface area contributed by atoms with Gasteiger partial charge in [0.1, 0.15) is 22.6 Å². The second-order valence-electron chi connectivity index (χ2n) is 28.7. The molecule has 0 amide bonds. The van der Waals surface area contributed by atoms with Gasteiger partial charge in [-0.25, -0.2) is 4.57 Å². The summed E-state index contributed by atoms with van der Waals surface area (Å²) in [7, 11) is 0. The van der Waals surface area contributed by atoms with E-state index in [0.29, 0.717) is 16.7 Å². The number of nitrogens with zero attached hydrogens (tertiary/aromatic N) is 3. The van der Waals surface area contributed by atoms with Crippen molar-refractivity contribution >= 4 is 27.4 Å². The minimum absolute atomic E-state index is 0.0188. The van der Waals surface area contributed by atoms with E-state index in [1.165, 1.54) is 127 Å². The summed E-state index contributed by atoms with van der Waals surface area (Å²) in [6.45, 7) is 41.5. The Labute approximate surface area is 420 Å². The molecule has 2 fully saturated rings. The van der Waals surface area contributed by atoms with E-state index in [4.69, 9.17) is 4.74 Å². The molecule has 12 rings (SSSR count). The molecule has 0 saturated heterocycles. The monoisotopic (exact) mass is 931 g/mol. The van der Waals surface area contributed by atoms with E-state index < -0.39 is 5.66 Å². The molecule has 2 atom stereocenters. The van der Waals surface area contributed by atoms with Crippen LogP contribution in [-0.2, 0) is 21.9 Å². The van der Waals surface area contributed by atoms with E-state index in [1.54, 1.807) is 0 Å². The van der Waals surface area contributed by atoms with E-state index >= 15 is 0 Å². The number of ether oxygens (including phenoxy) is 1. The Bertz CT molecular complexity index is 3300. The maximum Gasteiger partial charge on any atom is 0.289 e. The molecule has 6 heterocycles. The van der Waals surface area contributed by atoms with Crippen LogP contribution in [0, 0.1) is 28.6 Å². The molecular formula is C66H80N3O+. The normalized spacial score (nSPS) is 24.4. The van der Waals surface area contributed by atoms with Gasteiger partial charge in [-0.05, 0) is 177 Å². The van der Waals surface area contributed by atoms with Crippen molar-refractivity contribution in [3.05, 3.63) is 147 Å². The zero-order chi connectivity index (χ0) is 49.8. The molecule has 0 bridgehead atoms. The average molecular weight is 931 g/mol. The lowest BCUT2D eigenvalue weighted by Crippen LogP contribution is -2.68. The van der Waals surface area contributed by atoms with Crippen molar-refractivity contribution in [2.24, 2.45) is 21.7 Å². The molecular weight excluding hydrogens is 851 g/mol. The highest BCUT2D eigenvalue weighted by molar-refractivity contribution is 6.12. The van der Waals surface area contributed by atoms with Gasteiger partial charge in [0.15, 0.2) is 5.52 Å². The second-order valence-corrected chi connectivity index (χ2v) is 28.7. The first-order valence-corrected chi connectivity index (χ1v) is 26.9. The number of rotatable bonds is 3. The summed E-state index contributed by atoms with van der Waals surface area (Å²) in [5.74, 6) is 3.60. The fourth-order valence-electron chi connectivity index (χ4n) is 16.6. The molecule has 4 aliphatic heterocycles. The Hall–Kier alpha value is -5.09. The molecule has 2 aliphatic carbocycles. The Balaban J connectivity index is 1.10. The SMILES string of the molecule is CC1=CN2C(C=C1c1ccc(C3C(C)(C)CC(C)(C)CC3(C)C)cc1C)c1cccc3c1C21c2c(ccc4c5cc(C6(C)CCC(C)(C)CC6)ccc5n(c24)-c2cc(C(C)(C)C)c(C(C)(C)C)c[n+]21)O3. The molecule has 70 heavy (non-hydrogen) atoms. The highest BCUT2D eigenvalue weighted by Crippen LogP contribution is 2.65. The van der Waals surface area contributed by atoms with Gasteiger partial charge >= 0.3 is 0 Å². The number of fused-ring (bicyclic) bond motifs is 7. The van der Waals surface area contributed by atoms with Gasteiger partial charge in [-0.3, -0.25) is 0 Å². The van der Waals surface area contributed by atoms with Gasteiger partial charge in [0.25, 0.3) is 5.82 Å². The molecule has 1 spiro atoms. The van der Waals surface area contributed by atoms with Crippen LogP contribution >= 0.6 is 0 Å². The molecule has 2 unspecified atom stereocenters. The van der Waals surface area contributed by atoms with E-state index in [1.807, 2.05) is 0 Å². The quantitative estimate of drug-likeness (QED) is 0.165. The predicted molar refractivity (Wildman–Crippen MR) is 291 cm³/mol. The second kappa shape index (κ2) is 14.1. The van der Waals surface area contributed by atoms with Crippen molar-refractivity contribution in [3.8, 4) is 17.3 Å². The summed E-state index contributed by atoms with van der Waals surface area (Å²) in [6.07, 6.45) is 15.1. The number of pyridine rings is 1. The summed E-state index contributed by atoms with van der Waals surface area (Å²) < 4.78 is 12.6. The summed E-state index contributed by atoms with van der Waals surface area (Å²) in [5.41, 5.74) is 17.8. The van der Waals surface area contributed by atoms with Crippen LogP contribution in [0.1, 0.15) is 211 Å². The van der Waals surface area contributed by atoms with Gasteiger partial charge in [0.05, 0.1) is 17.8 Å². The zero-order valence-corrected chi connectivity index (χ0v) is 45.8. The third-order valence-electron chi connectivity index (χ3n) is 18.9. The largest absolute Gasteiger partial charge is 0.456 e. The minimum atomic E-state index is -0.711. The molecule has 2 aromatic heterocycles. The Kier molecular flexibility index (Phi) is 9.27. The van der Waals surface area contributed by atoms with Crippen LogP contribution in [0.2, 0.25) is 0 Å². The van der Waals surface area contributed by atoms with Gasteiger partial charge in [0, 0.05) is 28.6 Å². The standard InChI is InChI=1S/C66H80N3O/c1-39-31-41(58-63(13,14)37-62(11,12)38-64(58,15)16)21-23-43(39)46-33-51-45-19-18-20-52-55(45)66(67(51)35-40(46)2)56-53(70-52)26-24-44-47-32-42(65(17)29-27-61(9,10)28-30-65)22-25-50(47)69(57(44)56)54-34-48(59(3,4)5)49(36-68(54)66)60(6,7)8/h18-26,31-36,51,58H,27-30,37-38H2,1-17H3/q+1. The van der Waals surface area contributed by atoms with Crippen LogP contribution in [0.25, 0.3) is 33.2 Å². The smallest absolute Gasteiger partial charge is 0.289 e. The van der Waals surface area contributed by atoms with Crippen molar-refractivity contribution < 1.29 is 9.30 Å². The number of allylic oxidation sites excluding steroid dienone is 2.